The molecule has 2 unspecified atom stereocenters. The van der Waals surface area contributed by atoms with Crippen LogP contribution in [0.2, 0.25) is 0 Å². The number of nitrogens with one attached hydrogen (secondary N) is 3. The lowest BCUT2D eigenvalue weighted by Crippen LogP contribution is -2.42. The van der Waals surface area contributed by atoms with Crippen molar-refractivity contribution in [3.8, 4) is 0 Å². The Labute approximate surface area is 201 Å². The Morgan fingerprint density at radius 2 is 1.76 bits per heavy atom. The van der Waals surface area contributed by atoms with Crippen molar-refractivity contribution in [2.45, 2.75) is 43.4 Å². The smallest absolute Gasteiger partial charge is 0.326 e. The van der Waals surface area contributed by atoms with Gasteiger partial charge >= 0.3 is 5.69 Å². The van der Waals surface area contributed by atoms with Crippen molar-refractivity contribution in [2.24, 2.45) is 0 Å². The highest BCUT2D eigenvalue weighted by atomic mass is 32.2. The van der Waals surface area contributed by atoms with Gasteiger partial charge in [0.1, 0.15) is 11.0 Å². The van der Waals surface area contributed by atoms with E-state index >= 15 is 0 Å². The van der Waals surface area contributed by atoms with Gasteiger partial charge in [0.25, 0.3) is 0 Å². The van der Waals surface area contributed by atoms with Crippen LogP contribution in [0, 0.1) is 0 Å². The van der Waals surface area contributed by atoms with Gasteiger partial charge in [0.05, 0.1) is 22.0 Å². The minimum absolute atomic E-state index is 0.116. The number of hydrogen-bond acceptors (Lipinski definition) is 4. The Morgan fingerprint density at radius 1 is 1.03 bits per heavy atom. The fourth-order valence-electron chi connectivity index (χ4n) is 3.82. The van der Waals surface area contributed by atoms with Crippen molar-refractivity contribution in [1.29, 1.82) is 0 Å². The van der Waals surface area contributed by atoms with E-state index in [1.807, 2.05) is 66.7 Å². The van der Waals surface area contributed by atoms with E-state index in [4.69, 9.17) is 0 Å². The zero-order chi connectivity index (χ0) is 24.1. The molecule has 0 amide bonds. The van der Waals surface area contributed by atoms with Gasteiger partial charge in [-0.25, -0.2) is 9.00 Å². The Kier molecular flexibility index (Phi) is 7.31. The van der Waals surface area contributed by atoms with Crippen molar-refractivity contribution >= 4 is 27.7 Å². The second-order valence-electron chi connectivity index (χ2n) is 8.94. The van der Waals surface area contributed by atoms with Gasteiger partial charge in [-0.1, -0.05) is 42.5 Å². The summed E-state index contributed by atoms with van der Waals surface area (Å²) < 4.78 is 17.3. The molecule has 34 heavy (non-hydrogen) atoms. The Hall–Kier alpha value is -3.20. The maximum Gasteiger partial charge on any atom is 0.326 e. The number of aliphatic hydroxyl groups is 1. The van der Waals surface area contributed by atoms with E-state index in [2.05, 4.69) is 28.9 Å². The van der Waals surface area contributed by atoms with Crippen LogP contribution in [0.15, 0.2) is 88.6 Å². The first-order valence-corrected chi connectivity index (χ1v) is 12.4. The summed E-state index contributed by atoms with van der Waals surface area (Å²) in [6.07, 6.45) is -0.0268. The molecule has 1 heterocycles. The maximum atomic E-state index is 12.5. The summed E-state index contributed by atoms with van der Waals surface area (Å²) in [5.74, 6) is 0. The molecule has 0 radical (unpaired) electrons. The molecule has 178 valence electrons. The Balaban J connectivity index is 1.34. The van der Waals surface area contributed by atoms with E-state index in [-0.39, 0.29) is 11.2 Å². The molecule has 4 aromatic rings. The highest BCUT2D eigenvalue weighted by molar-refractivity contribution is 7.86. The molecule has 0 fully saturated rings. The number of H-pyrrole nitrogens is 1. The zero-order valence-corrected chi connectivity index (χ0v) is 20.1. The first-order valence-electron chi connectivity index (χ1n) is 11.3. The largest absolute Gasteiger partial charge is 0.387 e. The van der Waals surface area contributed by atoms with Gasteiger partial charge in [-0.05, 0) is 62.2 Å². The van der Waals surface area contributed by atoms with E-state index in [0.717, 1.165) is 16.6 Å². The van der Waals surface area contributed by atoms with Crippen LogP contribution >= 0.6 is 0 Å². The number of para-hydroxylation sites is 2. The molecule has 0 aliphatic heterocycles. The van der Waals surface area contributed by atoms with Crippen LogP contribution in [0.25, 0.3) is 11.0 Å². The lowest BCUT2D eigenvalue weighted by atomic mass is 9.99. The van der Waals surface area contributed by atoms with E-state index in [1.165, 1.54) is 0 Å². The summed E-state index contributed by atoms with van der Waals surface area (Å²) in [6, 6.07) is 24.1. The summed E-state index contributed by atoms with van der Waals surface area (Å²) in [5.41, 5.74) is 2.71. The molecule has 4 rings (SSSR count). The molecule has 7 nitrogen and oxygen atoms in total. The van der Waals surface area contributed by atoms with Crippen LogP contribution in [-0.2, 0) is 17.5 Å². The average Bonchev–Trinajstić information content (AvgIpc) is 3.17. The van der Waals surface area contributed by atoms with Gasteiger partial charge < -0.3 is 20.1 Å². The van der Waals surface area contributed by atoms with E-state index in [0.29, 0.717) is 30.1 Å². The molecular formula is C26H30N4O3S. The fourth-order valence-corrected chi connectivity index (χ4v) is 4.68. The third-order valence-electron chi connectivity index (χ3n) is 5.86. The molecule has 2 atom stereocenters. The van der Waals surface area contributed by atoms with Crippen molar-refractivity contribution < 1.29 is 9.32 Å². The summed E-state index contributed by atoms with van der Waals surface area (Å²) in [7, 11) is -1.38. The van der Waals surface area contributed by atoms with Gasteiger partial charge in [0.15, 0.2) is 0 Å². The van der Waals surface area contributed by atoms with E-state index in [9.17, 15) is 14.1 Å². The maximum absolute atomic E-state index is 12.5. The van der Waals surface area contributed by atoms with Crippen molar-refractivity contribution in [2.75, 3.05) is 11.3 Å². The molecule has 0 aliphatic carbocycles. The lowest BCUT2D eigenvalue weighted by Gasteiger charge is -2.28. The number of rotatable bonds is 10. The number of benzene rings is 3. The van der Waals surface area contributed by atoms with Crippen LogP contribution in [0.5, 0.6) is 0 Å². The summed E-state index contributed by atoms with van der Waals surface area (Å²) in [6.45, 7) is 5.02. The predicted octanol–water partition coefficient (Wildman–Crippen LogP) is 3.96. The molecule has 8 heteroatoms. The number of β-amino-alcohol motifs (C(OH)–C–C–N with tert-alkyl or cyclic N) is 1. The molecule has 4 N–H and O–H groups in total. The zero-order valence-electron chi connectivity index (χ0n) is 19.3. The van der Waals surface area contributed by atoms with Gasteiger partial charge in [0.2, 0.25) is 0 Å². The third-order valence-corrected chi connectivity index (χ3v) is 6.98. The molecule has 0 saturated carbocycles. The number of imidazole rings is 1. The Bertz CT molecular complexity index is 1330. The topological polar surface area (TPSA) is 99.2 Å². The fraction of sp³-hybridized carbons (Fsp3) is 0.269. The number of anilines is 1. The van der Waals surface area contributed by atoms with Gasteiger partial charge in [-0.15, -0.1) is 0 Å². The molecule has 0 spiro atoms. The molecule has 0 saturated heterocycles. The average molecular weight is 479 g/mol. The van der Waals surface area contributed by atoms with Gasteiger partial charge in [-0.2, -0.15) is 0 Å². The summed E-state index contributed by atoms with van der Waals surface area (Å²) in [4.78, 5) is 15.9. The highest BCUT2D eigenvalue weighted by Crippen LogP contribution is 2.21. The number of fused-ring (bicyclic) bond motifs is 1. The summed E-state index contributed by atoms with van der Waals surface area (Å²) in [5, 5.41) is 14.2. The molecule has 0 bridgehead atoms. The summed E-state index contributed by atoms with van der Waals surface area (Å²) >= 11 is 0. The van der Waals surface area contributed by atoms with Crippen LogP contribution in [0.4, 0.5) is 5.69 Å². The molecular weight excluding hydrogens is 448 g/mol. The predicted molar refractivity (Wildman–Crippen MR) is 137 cm³/mol. The Morgan fingerprint density at radius 3 is 2.56 bits per heavy atom. The van der Waals surface area contributed by atoms with Crippen molar-refractivity contribution in [1.82, 2.24) is 14.9 Å². The van der Waals surface area contributed by atoms with Crippen molar-refractivity contribution in [3.05, 3.63) is 94.9 Å². The molecule has 3 aromatic carbocycles. The third kappa shape index (κ3) is 5.83. The van der Waals surface area contributed by atoms with Gasteiger partial charge in [-0.3, -0.25) is 4.57 Å². The first kappa shape index (κ1) is 23.9. The first-order chi connectivity index (χ1) is 16.3. The quantitative estimate of drug-likeness (QED) is 0.277. The second-order valence-corrected chi connectivity index (χ2v) is 10.2. The number of aromatic amines is 1. The minimum atomic E-state index is -1.38. The highest BCUT2D eigenvalue weighted by Gasteiger charge is 2.20. The van der Waals surface area contributed by atoms with E-state index in [1.54, 1.807) is 16.7 Å². The van der Waals surface area contributed by atoms with Crippen molar-refractivity contribution in [3.63, 3.8) is 0 Å². The van der Waals surface area contributed by atoms with Crippen LogP contribution < -0.4 is 15.7 Å². The SMILES string of the molecule is CC(C)(CCn1c(=O)[nH]c2ccccc21)NCC(O)c1cccc(NS(=O)c2ccccc2)c1. The van der Waals surface area contributed by atoms with Crippen LogP contribution in [0.1, 0.15) is 31.9 Å². The lowest BCUT2D eigenvalue weighted by molar-refractivity contribution is 0.158. The standard InChI is InChI=1S/C26H30N4O3S/c1-26(2,15-16-30-23-14-7-6-13-22(23)28-25(30)32)27-18-24(31)19-9-8-10-20(17-19)29-34(33)21-11-4-3-5-12-21/h3-14,17,24,27,29,31H,15-16,18H2,1-2H3,(H,28,32). The van der Waals surface area contributed by atoms with Crippen LogP contribution in [-0.4, -0.2) is 31.0 Å². The van der Waals surface area contributed by atoms with Crippen LogP contribution in [0.3, 0.4) is 0 Å². The number of aromatic nitrogens is 2. The molecule has 0 aliphatic rings. The van der Waals surface area contributed by atoms with E-state index < -0.39 is 17.1 Å². The number of aliphatic hydroxyl groups excluding tert-OH is 1. The normalized spacial score (nSPS) is 13.6. The number of nitrogens with zero attached hydrogens (tertiary/aromatic N) is 1. The number of aryl methyl sites for hydroxylation is 1. The molecule has 1 aromatic heterocycles. The second kappa shape index (κ2) is 10.4. The minimum Gasteiger partial charge on any atom is -0.387 e. The van der Waals surface area contributed by atoms with Gasteiger partial charge in [0, 0.05) is 24.3 Å². The monoisotopic (exact) mass is 478 g/mol. The number of hydrogen-bond donors (Lipinski definition) is 4.